The number of aryl methyl sites for hydroxylation is 1. The van der Waals surface area contributed by atoms with Gasteiger partial charge < -0.3 is 10.1 Å². The smallest absolute Gasteiger partial charge is 0.338 e. The van der Waals surface area contributed by atoms with Crippen LogP contribution in [-0.4, -0.2) is 24.4 Å². The molecule has 29 heavy (non-hydrogen) atoms. The number of unbranched alkanes of at least 4 members (excludes halogenated alkanes) is 1. The molecule has 3 rings (SSSR count). The molecule has 1 N–H and O–H groups in total. The summed E-state index contributed by atoms with van der Waals surface area (Å²) in [5.41, 5.74) is 2.35. The third-order valence-corrected chi connectivity index (χ3v) is 4.76. The van der Waals surface area contributed by atoms with Gasteiger partial charge in [0.05, 0.1) is 17.9 Å². The van der Waals surface area contributed by atoms with Crippen molar-refractivity contribution < 1.29 is 19.1 Å². The van der Waals surface area contributed by atoms with E-state index in [1.165, 1.54) is 24.3 Å². The highest BCUT2D eigenvalue weighted by Gasteiger charge is 2.39. The number of anilines is 2. The predicted molar refractivity (Wildman–Crippen MR) is 112 cm³/mol. The van der Waals surface area contributed by atoms with E-state index >= 15 is 0 Å². The molecule has 1 aliphatic heterocycles. The van der Waals surface area contributed by atoms with Crippen molar-refractivity contribution in [1.82, 2.24) is 0 Å². The van der Waals surface area contributed by atoms with Crippen LogP contribution in [0, 0.1) is 6.92 Å². The van der Waals surface area contributed by atoms with Crippen molar-refractivity contribution in [3.8, 4) is 0 Å². The third-order valence-electron chi connectivity index (χ3n) is 4.41. The Balaban J connectivity index is 1.76. The van der Waals surface area contributed by atoms with E-state index in [4.69, 9.17) is 16.3 Å². The fraction of sp³-hybridized carbons (Fsp3) is 0.227. The van der Waals surface area contributed by atoms with Gasteiger partial charge in [0.15, 0.2) is 0 Å². The number of halogens is 1. The van der Waals surface area contributed by atoms with Gasteiger partial charge in [-0.25, -0.2) is 9.69 Å². The van der Waals surface area contributed by atoms with Crippen LogP contribution in [0.1, 0.15) is 35.7 Å². The Kier molecular flexibility index (Phi) is 6.34. The second-order valence-corrected chi connectivity index (χ2v) is 7.04. The van der Waals surface area contributed by atoms with E-state index in [0.717, 1.165) is 23.3 Å². The molecule has 0 fully saturated rings. The predicted octanol–water partition coefficient (Wildman–Crippen LogP) is 4.39. The van der Waals surface area contributed by atoms with Gasteiger partial charge in [-0.1, -0.05) is 37.1 Å². The number of hydrogen-bond donors (Lipinski definition) is 1. The van der Waals surface area contributed by atoms with Crippen molar-refractivity contribution in [2.75, 3.05) is 16.8 Å². The van der Waals surface area contributed by atoms with Crippen molar-refractivity contribution in [2.24, 2.45) is 0 Å². The largest absolute Gasteiger partial charge is 0.462 e. The van der Waals surface area contributed by atoms with Gasteiger partial charge in [-0.2, -0.15) is 0 Å². The minimum absolute atomic E-state index is 0.0188. The van der Waals surface area contributed by atoms with Crippen LogP contribution < -0.4 is 10.2 Å². The summed E-state index contributed by atoms with van der Waals surface area (Å²) >= 11 is 6.14. The van der Waals surface area contributed by atoms with Crippen LogP contribution in [0.4, 0.5) is 11.4 Å². The molecule has 6 nitrogen and oxygen atoms in total. The van der Waals surface area contributed by atoms with E-state index < -0.39 is 17.8 Å². The van der Waals surface area contributed by atoms with E-state index in [9.17, 15) is 14.4 Å². The molecule has 2 aromatic rings. The Labute approximate surface area is 174 Å². The zero-order chi connectivity index (χ0) is 21.0. The molecule has 0 saturated heterocycles. The lowest BCUT2D eigenvalue weighted by atomic mass is 10.2. The second kappa shape index (κ2) is 8.92. The summed E-state index contributed by atoms with van der Waals surface area (Å²) in [5, 5.41) is 2.75. The van der Waals surface area contributed by atoms with Gasteiger partial charge in [-0.05, 0) is 55.3 Å². The van der Waals surface area contributed by atoms with Gasteiger partial charge in [0.1, 0.15) is 10.7 Å². The third kappa shape index (κ3) is 4.49. The maximum atomic E-state index is 12.8. The SMILES string of the molecule is CCCCOC(=O)c1ccc(N2C(=O)C(Cl)=C(Nc3cccc(C)c3)C2=O)cc1. The number of carbonyl (C=O) groups is 3. The maximum absolute atomic E-state index is 12.8. The summed E-state index contributed by atoms with van der Waals surface area (Å²) in [4.78, 5) is 38.4. The van der Waals surface area contributed by atoms with E-state index in [1.807, 2.05) is 32.0 Å². The fourth-order valence-electron chi connectivity index (χ4n) is 2.85. The molecule has 1 heterocycles. The number of nitrogens with one attached hydrogen (secondary N) is 1. The standard InChI is InChI=1S/C22H21ClN2O4/c1-3-4-12-29-22(28)15-8-10-17(11-9-15)25-20(26)18(23)19(21(25)27)24-16-7-5-6-14(2)13-16/h5-11,13,24H,3-4,12H2,1-2H3. The molecule has 0 radical (unpaired) electrons. The van der Waals surface area contributed by atoms with Crippen molar-refractivity contribution in [2.45, 2.75) is 26.7 Å². The first kappa shape index (κ1) is 20.6. The van der Waals surface area contributed by atoms with E-state index in [1.54, 1.807) is 6.07 Å². The first-order valence-corrected chi connectivity index (χ1v) is 9.69. The van der Waals surface area contributed by atoms with Gasteiger partial charge in [0, 0.05) is 5.69 Å². The monoisotopic (exact) mass is 412 g/mol. The van der Waals surface area contributed by atoms with Gasteiger partial charge in [-0.3, -0.25) is 9.59 Å². The summed E-state index contributed by atoms with van der Waals surface area (Å²) < 4.78 is 5.16. The lowest BCUT2D eigenvalue weighted by Gasteiger charge is -2.15. The van der Waals surface area contributed by atoms with Gasteiger partial charge in [0.2, 0.25) is 0 Å². The minimum atomic E-state index is -0.620. The highest BCUT2D eigenvalue weighted by molar-refractivity contribution is 6.53. The Morgan fingerprint density at radius 2 is 1.83 bits per heavy atom. The number of ether oxygens (including phenoxy) is 1. The normalized spacial score (nSPS) is 13.8. The summed E-state index contributed by atoms with van der Waals surface area (Å²) in [5.74, 6) is -1.62. The minimum Gasteiger partial charge on any atom is -0.462 e. The zero-order valence-corrected chi connectivity index (χ0v) is 17.0. The number of amides is 2. The molecule has 0 saturated carbocycles. The van der Waals surface area contributed by atoms with Crippen LogP contribution >= 0.6 is 11.6 Å². The van der Waals surface area contributed by atoms with E-state index in [0.29, 0.717) is 23.5 Å². The number of hydrogen-bond acceptors (Lipinski definition) is 5. The number of imide groups is 1. The molecule has 0 aromatic heterocycles. The number of nitrogens with zero attached hydrogens (tertiary/aromatic N) is 1. The zero-order valence-electron chi connectivity index (χ0n) is 16.2. The lowest BCUT2D eigenvalue weighted by molar-refractivity contribution is -0.120. The fourth-order valence-corrected chi connectivity index (χ4v) is 3.06. The first-order chi connectivity index (χ1) is 13.9. The summed E-state index contributed by atoms with van der Waals surface area (Å²) in [7, 11) is 0. The molecule has 2 amide bonds. The van der Waals surface area contributed by atoms with Gasteiger partial charge in [-0.15, -0.1) is 0 Å². The topological polar surface area (TPSA) is 75.7 Å². The quantitative estimate of drug-likeness (QED) is 0.414. The van der Waals surface area contributed by atoms with Crippen LogP contribution in [0.5, 0.6) is 0 Å². The van der Waals surface area contributed by atoms with Gasteiger partial charge in [0.25, 0.3) is 11.8 Å². The summed E-state index contributed by atoms with van der Waals surface area (Å²) in [6.45, 7) is 4.28. The van der Waals surface area contributed by atoms with E-state index in [2.05, 4.69) is 5.32 Å². The van der Waals surface area contributed by atoms with Crippen LogP contribution in [-0.2, 0) is 14.3 Å². The summed E-state index contributed by atoms with van der Waals surface area (Å²) in [6, 6.07) is 13.5. The van der Waals surface area contributed by atoms with Crippen LogP contribution in [0.15, 0.2) is 59.3 Å². The Morgan fingerprint density at radius 1 is 1.10 bits per heavy atom. The highest BCUT2D eigenvalue weighted by atomic mass is 35.5. The summed E-state index contributed by atoms with van der Waals surface area (Å²) in [6.07, 6.45) is 1.72. The lowest BCUT2D eigenvalue weighted by Crippen LogP contribution is -2.32. The molecule has 0 atom stereocenters. The number of rotatable bonds is 7. The maximum Gasteiger partial charge on any atom is 0.338 e. The average Bonchev–Trinajstić information content (AvgIpc) is 2.91. The van der Waals surface area contributed by atoms with Crippen molar-refractivity contribution in [1.29, 1.82) is 0 Å². The van der Waals surface area contributed by atoms with E-state index in [-0.39, 0.29) is 10.7 Å². The van der Waals surface area contributed by atoms with Crippen LogP contribution in [0.25, 0.3) is 0 Å². The van der Waals surface area contributed by atoms with Crippen molar-refractivity contribution >= 4 is 40.8 Å². The van der Waals surface area contributed by atoms with Crippen LogP contribution in [0.2, 0.25) is 0 Å². The number of benzene rings is 2. The van der Waals surface area contributed by atoms with Crippen LogP contribution in [0.3, 0.4) is 0 Å². The Bertz CT molecular complexity index is 983. The molecule has 2 aromatic carbocycles. The molecule has 1 aliphatic rings. The molecule has 0 aliphatic carbocycles. The average molecular weight is 413 g/mol. The van der Waals surface area contributed by atoms with Crippen molar-refractivity contribution in [3.05, 3.63) is 70.4 Å². The second-order valence-electron chi connectivity index (χ2n) is 6.67. The van der Waals surface area contributed by atoms with Gasteiger partial charge >= 0.3 is 5.97 Å². The molecular weight excluding hydrogens is 392 g/mol. The molecule has 150 valence electrons. The Morgan fingerprint density at radius 3 is 2.48 bits per heavy atom. The molecule has 7 heteroatoms. The number of esters is 1. The molecule has 0 unspecified atom stereocenters. The van der Waals surface area contributed by atoms with Crippen molar-refractivity contribution in [3.63, 3.8) is 0 Å². The molecular formula is C22H21ClN2O4. The Hall–Kier alpha value is -3.12. The highest BCUT2D eigenvalue weighted by Crippen LogP contribution is 2.30. The first-order valence-electron chi connectivity index (χ1n) is 9.31. The number of carbonyl (C=O) groups excluding carboxylic acids is 3. The molecule has 0 spiro atoms. The molecule has 0 bridgehead atoms.